The van der Waals surface area contributed by atoms with E-state index in [-0.39, 0.29) is 23.3 Å². The fourth-order valence-electron chi connectivity index (χ4n) is 2.26. The maximum absolute atomic E-state index is 12.8. The van der Waals surface area contributed by atoms with Gasteiger partial charge in [0.15, 0.2) is 0 Å². The first kappa shape index (κ1) is 12.8. The van der Waals surface area contributed by atoms with Crippen molar-refractivity contribution in [3.05, 3.63) is 29.6 Å². The first-order valence-electron chi connectivity index (χ1n) is 6.01. The molecule has 0 bridgehead atoms. The van der Waals surface area contributed by atoms with Crippen molar-refractivity contribution >= 4 is 5.91 Å². The summed E-state index contributed by atoms with van der Waals surface area (Å²) in [6.07, 6.45) is 2.07. The number of carbonyl (C=O) groups excluding carboxylic acids is 1. The third kappa shape index (κ3) is 2.98. The van der Waals surface area contributed by atoms with Crippen LogP contribution < -0.4 is 5.32 Å². The molecule has 0 spiro atoms. The smallest absolute Gasteiger partial charge is 0.255 e. The number of phenols is 1. The van der Waals surface area contributed by atoms with Gasteiger partial charge in [0.1, 0.15) is 11.6 Å². The molecule has 98 valence electrons. The van der Waals surface area contributed by atoms with Gasteiger partial charge < -0.3 is 15.5 Å². The second-order valence-corrected chi connectivity index (χ2v) is 4.70. The molecule has 1 fully saturated rings. The zero-order valence-corrected chi connectivity index (χ0v) is 9.90. The van der Waals surface area contributed by atoms with Gasteiger partial charge in [0.05, 0.1) is 11.7 Å². The molecule has 1 amide bonds. The lowest BCUT2D eigenvalue weighted by Gasteiger charge is -2.11. The van der Waals surface area contributed by atoms with Gasteiger partial charge in [0.25, 0.3) is 5.91 Å². The van der Waals surface area contributed by atoms with Gasteiger partial charge >= 0.3 is 0 Å². The number of benzene rings is 1. The minimum atomic E-state index is -0.581. The highest BCUT2D eigenvalue weighted by atomic mass is 19.1. The summed E-state index contributed by atoms with van der Waals surface area (Å²) >= 11 is 0. The molecule has 1 aliphatic carbocycles. The Kier molecular flexibility index (Phi) is 3.81. The Bertz CT molecular complexity index is 450. The maximum Gasteiger partial charge on any atom is 0.255 e. The highest BCUT2D eigenvalue weighted by molar-refractivity contribution is 5.96. The van der Waals surface area contributed by atoms with Crippen LogP contribution in [0.2, 0.25) is 0 Å². The van der Waals surface area contributed by atoms with E-state index in [0.717, 1.165) is 25.0 Å². The maximum atomic E-state index is 12.8. The number of amides is 1. The summed E-state index contributed by atoms with van der Waals surface area (Å²) in [7, 11) is 0. The second-order valence-electron chi connectivity index (χ2n) is 4.70. The van der Waals surface area contributed by atoms with Crippen LogP contribution in [0.5, 0.6) is 5.75 Å². The predicted octanol–water partition coefficient (Wildman–Crippen LogP) is 1.42. The highest BCUT2D eigenvalue weighted by Gasteiger charge is 2.23. The quantitative estimate of drug-likeness (QED) is 0.763. The number of phenolic OH excluding ortho intramolecular Hbond substituents is 1. The van der Waals surface area contributed by atoms with Gasteiger partial charge in [-0.1, -0.05) is 0 Å². The standard InChI is InChI=1S/C13H16FNO3/c14-9-2-4-11(12(17)6-9)13(18)15-7-8-1-3-10(16)5-8/h2,4,6,8,10,16-17H,1,3,5,7H2,(H,15,18). The van der Waals surface area contributed by atoms with Crippen molar-refractivity contribution < 1.29 is 19.4 Å². The van der Waals surface area contributed by atoms with Crippen molar-refractivity contribution in [1.29, 1.82) is 0 Å². The van der Waals surface area contributed by atoms with E-state index in [0.29, 0.717) is 13.0 Å². The van der Waals surface area contributed by atoms with E-state index in [1.165, 1.54) is 6.07 Å². The average Bonchev–Trinajstić information content (AvgIpc) is 2.72. The molecular weight excluding hydrogens is 237 g/mol. The number of aromatic hydroxyl groups is 1. The lowest BCUT2D eigenvalue weighted by molar-refractivity contribution is 0.0942. The minimum absolute atomic E-state index is 0.0648. The van der Waals surface area contributed by atoms with E-state index in [2.05, 4.69) is 5.32 Å². The normalized spacial score (nSPS) is 23.0. The molecule has 5 heteroatoms. The number of nitrogens with one attached hydrogen (secondary N) is 1. The lowest BCUT2D eigenvalue weighted by Crippen LogP contribution is -2.28. The molecule has 2 unspecified atom stereocenters. The molecule has 0 saturated heterocycles. The monoisotopic (exact) mass is 253 g/mol. The van der Waals surface area contributed by atoms with Crippen LogP contribution in [-0.4, -0.2) is 28.8 Å². The van der Waals surface area contributed by atoms with E-state index >= 15 is 0 Å². The first-order valence-corrected chi connectivity index (χ1v) is 6.01. The molecule has 1 saturated carbocycles. The predicted molar refractivity (Wildman–Crippen MR) is 63.7 cm³/mol. The van der Waals surface area contributed by atoms with E-state index < -0.39 is 11.7 Å². The van der Waals surface area contributed by atoms with Gasteiger partial charge in [0, 0.05) is 12.6 Å². The molecule has 0 aromatic heterocycles. The Hall–Kier alpha value is -1.62. The number of aliphatic hydroxyl groups excluding tert-OH is 1. The second kappa shape index (κ2) is 5.35. The molecule has 3 N–H and O–H groups in total. The summed E-state index contributed by atoms with van der Waals surface area (Å²) in [5, 5.41) is 21.5. The Morgan fingerprint density at radius 2 is 2.22 bits per heavy atom. The largest absolute Gasteiger partial charge is 0.507 e. The summed E-state index contributed by atoms with van der Waals surface area (Å²) in [5.74, 6) is -1.10. The zero-order valence-electron chi connectivity index (χ0n) is 9.90. The number of hydrogen-bond acceptors (Lipinski definition) is 3. The molecule has 0 heterocycles. The SMILES string of the molecule is O=C(NCC1CCC(O)C1)c1ccc(F)cc1O. The molecule has 1 aromatic carbocycles. The van der Waals surface area contributed by atoms with Crippen molar-refractivity contribution in [2.24, 2.45) is 5.92 Å². The zero-order chi connectivity index (χ0) is 13.1. The molecule has 1 aliphatic rings. The van der Waals surface area contributed by atoms with E-state index in [1.54, 1.807) is 0 Å². The van der Waals surface area contributed by atoms with Crippen LogP contribution in [0, 0.1) is 11.7 Å². The highest BCUT2D eigenvalue weighted by Crippen LogP contribution is 2.25. The van der Waals surface area contributed by atoms with Crippen molar-refractivity contribution in [2.45, 2.75) is 25.4 Å². The summed E-state index contributed by atoms with van der Waals surface area (Å²) in [6.45, 7) is 0.465. The molecular formula is C13H16FNO3. The third-order valence-corrected chi connectivity index (χ3v) is 3.27. The topological polar surface area (TPSA) is 69.6 Å². The van der Waals surface area contributed by atoms with Crippen molar-refractivity contribution in [3.63, 3.8) is 0 Å². The first-order chi connectivity index (χ1) is 8.56. The molecule has 2 rings (SSSR count). The van der Waals surface area contributed by atoms with Crippen LogP contribution >= 0.6 is 0 Å². The van der Waals surface area contributed by atoms with Crippen LogP contribution in [0.25, 0.3) is 0 Å². The van der Waals surface area contributed by atoms with Gasteiger partial charge in [-0.25, -0.2) is 4.39 Å². The number of aliphatic hydroxyl groups is 1. The van der Waals surface area contributed by atoms with Gasteiger partial charge in [-0.2, -0.15) is 0 Å². The van der Waals surface area contributed by atoms with Crippen molar-refractivity contribution in [1.82, 2.24) is 5.32 Å². The van der Waals surface area contributed by atoms with Crippen molar-refractivity contribution in [3.8, 4) is 5.75 Å². The summed E-state index contributed by atoms with van der Waals surface area (Å²) in [6, 6.07) is 3.30. The molecule has 0 radical (unpaired) electrons. The Labute approximate surface area is 104 Å². The fourth-order valence-corrected chi connectivity index (χ4v) is 2.26. The lowest BCUT2D eigenvalue weighted by atomic mass is 10.1. The van der Waals surface area contributed by atoms with Crippen LogP contribution in [-0.2, 0) is 0 Å². The van der Waals surface area contributed by atoms with Gasteiger partial charge in [0.2, 0.25) is 0 Å². The van der Waals surface area contributed by atoms with Gasteiger partial charge in [-0.15, -0.1) is 0 Å². The molecule has 2 atom stereocenters. The van der Waals surface area contributed by atoms with E-state index in [9.17, 15) is 19.4 Å². The van der Waals surface area contributed by atoms with Crippen LogP contribution in [0.1, 0.15) is 29.6 Å². The van der Waals surface area contributed by atoms with Crippen LogP contribution in [0.4, 0.5) is 4.39 Å². The summed E-state index contributed by atoms with van der Waals surface area (Å²) in [5.41, 5.74) is 0.0648. The fraction of sp³-hybridized carbons (Fsp3) is 0.462. The molecule has 18 heavy (non-hydrogen) atoms. The number of halogens is 1. The number of carbonyl (C=O) groups is 1. The van der Waals surface area contributed by atoms with E-state index in [4.69, 9.17) is 0 Å². The minimum Gasteiger partial charge on any atom is -0.507 e. The molecule has 0 aliphatic heterocycles. The van der Waals surface area contributed by atoms with Gasteiger partial charge in [-0.05, 0) is 37.3 Å². The van der Waals surface area contributed by atoms with Crippen LogP contribution in [0.15, 0.2) is 18.2 Å². The number of rotatable bonds is 3. The molecule has 1 aromatic rings. The van der Waals surface area contributed by atoms with E-state index in [1.807, 2.05) is 0 Å². The summed E-state index contributed by atoms with van der Waals surface area (Å²) < 4.78 is 12.8. The van der Waals surface area contributed by atoms with Crippen molar-refractivity contribution in [2.75, 3.05) is 6.54 Å². The average molecular weight is 253 g/mol. The van der Waals surface area contributed by atoms with Crippen LogP contribution in [0.3, 0.4) is 0 Å². The Morgan fingerprint density at radius 1 is 1.44 bits per heavy atom. The summed E-state index contributed by atoms with van der Waals surface area (Å²) in [4.78, 5) is 11.8. The Balaban J connectivity index is 1.91. The third-order valence-electron chi connectivity index (χ3n) is 3.27. The molecule has 4 nitrogen and oxygen atoms in total. The number of hydrogen-bond donors (Lipinski definition) is 3. The van der Waals surface area contributed by atoms with Gasteiger partial charge in [-0.3, -0.25) is 4.79 Å². The Morgan fingerprint density at radius 3 is 2.83 bits per heavy atom.